The molecule has 1 aromatic heterocycles. The summed E-state index contributed by atoms with van der Waals surface area (Å²) >= 11 is 1.90. The van der Waals surface area contributed by atoms with Gasteiger partial charge in [0.15, 0.2) is 0 Å². The van der Waals surface area contributed by atoms with Gasteiger partial charge in [-0.15, -0.1) is 23.7 Å². The van der Waals surface area contributed by atoms with E-state index in [0.717, 1.165) is 6.54 Å². The number of hydrogen-bond acceptors (Lipinski definition) is 3. The fourth-order valence-electron chi connectivity index (χ4n) is 3.77. The molecule has 0 bridgehead atoms. The second kappa shape index (κ2) is 6.71. The minimum Gasteiger partial charge on any atom is -0.316 e. The summed E-state index contributed by atoms with van der Waals surface area (Å²) in [6, 6.07) is 13.1. The molecule has 1 unspecified atom stereocenters. The van der Waals surface area contributed by atoms with Gasteiger partial charge in [-0.3, -0.25) is 4.90 Å². The van der Waals surface area contributed by atoms with Crippen molar-refractivity contribution in [2.45, 2.75) is 19.4 Å². The highest BCUT2D eigenvalue weighted by Crippen LogP contribution is 2.37. The molecule has 0 radical (unpaired) electrons. The van der Waals surface area contributed by atoms with Crippen LogP contribution in [0.5, 0.6) is 0 Å². The van der Waals surface area contributed by atoms with Gasteiger partial charge in [0.05, 0.1) is 0 Å². The summed E-state index contributed by atoms with van der Waals surface area (Å²) in [6.45, 7) is 6.10. The normalized spacial score (nSPS) is 24.7. The molecule has 1 spiro atoms. The van der Waals surface area contributed by atoms with Crippen molar-refractivity contribution in [2.75, 3.05) is 26.2 Å². The van der Waals surface area contributed by atoms with Crippen LogP contribution in [-0.2, 0) is 6.54 Å². The van der Waals surface area contributed by atoms with Crippen molar-refractivity contribution in [2.24, 2.45) is 5.41 Å². The zero-order valence-electron chi connectivity index (χ0n) is 12.8. The maximum atomic E-state index is 3.54. The van der Waals surface area contributed by atoms with Crippen LogP contribution in [0.15, 0.2) is 41.8 Å². The zero-order chi connectivity index (χ0) is 14.1. The molecule has 1 N–H and O–H groups in total. The van der Waals surface area contributed by atoms with E-state index in [1.165, 1.54) is 55.0 Å². The zero-order valence-corrected chi connectivity index (χ0v) is 14.4. The molecular formula is C18H23ClN2S. The summed E-state index contributed by atoms with van der Waals surface area (Å²) in [5.74, 6) is 0. The molecule has 1 atom stereocenters. The summed E-state index contributed by atoms with van der Waals surface area (Å²) in [6.07, 6.45) is 2.74. The highest BCUT2D eigenvalue weighted by molar-refractivity contribution is 7.10. The monoisotopic (exact) mass is 334 g/mol. The van der Waals surface area contributed by atoms with Crippen LogP contribution >= 0.6 is 23.7 Å². The van der Waals surface area contributed by atoms with Gasteiger partial charge in [0.25, 0.3) is 0 Å². The molecule has 118 valence electrons. The van der Waals surface area contributed by atoms with Gasteiger partial charge >= 0.3 is 0 Å². The van der Waals surface area contributed by atoms with E-state index in [1.807, 2.05) is 11.3 Å². The maximum absolute atomic E-state index is 3.54. The molecule has 2 aromatic rings. The van der Waals surface area contributed by atoms with Crippen LogP contribution in [0.2, 0.25) is 0 Å². The number of nitrogens with one attached hydrogen (secondary N) is 1. The van der Waals surface area contributed by atoms with E-state index in [4.69, 9.17) is 0 Å². The van der Waals surface area contributed by atoms with Crippen molar-refractivity contribution in [1.82, 2.24) is 10.2 Å². The second-order valence-electron chi connectivity index (χ2n) is 6.56. The van der Waals surface area contributed by atoms with E-state index in [9.17, 15) is 0 Å². The molecule has 2 saturated heterocycles. The molecule has 0 aliphatic carbocycles. The number of halogens is 1. The van der Waals surface area contributed by atoms with Crippen LogP contribution in [0.4, 0.5) is 0 Å². The molecule has 3 heterocycles. The second-order valence-corrected chi connectivity index (χ2v) is 7.55. The highest BCUT2D eigenvalue weighted by atomic mass is 35.5. The summed E-state index contributed by atoms with van der Waals surface area (Å²) < 4.78 is 0. The lowest BCUT2D eigenvalue weighted by Gasteiger charge is -2.22. The molecule has 0 saturated carbocycles. The van der Waals surface area contributed by atoms with E-state index < -0.39 is 0 Å². The SMILES string of the molecule is Cl.c1ccc(-c2csc(CN3CCC4(CCNC4)C3)c2)cc1. The summed E-state index contributed by atoms with van der Waals surface area (Å²) in [7, 11) is 0. The Kier molecular flexibility index (Phi) is 4.88. The lowest BCUT2D eigenvalue weighted by atomic mass is 9.87. The summed E-state index contributed by atoms with van der Waals surface area (Å²) in [5.41, 5.74) is 3.28. The van der Waals surface area contributed by atoms with Crippen LogP contribution in [0.25, 0.3) is 11.1 Å². The largest absolute Gasteiger partial charge is 0.316 e. The minimum atomic E-state index is 0. The quantitative estimate of drug-likeness (QED) is 0.912. The van der Waals surface area contributed by atoms with Crippen LogP contribution < -0.4 is 5.32 Å². The summed E-state index contributed by atoms with van der Waals surface area (Å²) in [4.78, 5) is 4.14. The topological polar surface area (TPSA) is 15.3 Å². The standard InChI is InChI=1S/C18H22N2S.ClH/c1-2-4-15(5-3-1)16-10-17(21-12-16)11-20-9-7-18(14-20)6-8-19-13-18;/h1-5,10,12,19H,6-9,11,13-14H2;1H. The Hall–Kier alpha value is -0.870. The highest BCUT2D eigenvalue weighted by Gasteiger charge is 2.40. The first kappa shape index (κ1) is 16.0. The van der Waals surface area contributed by atoms with Crippen molar-refractivity contribution in [3.05, 3.63) is 46.7 Å². The average Bonchev–Trinajstić information content (AvgIpc) is 3.24. The molecule has 2 fully saturated rings. The van der Waals surface area contributed by atoms with Crippen LogP contribution in [-0.4, -0.2) is 31.1 Å². The van der Waals surface area contributed by atoms with Gasteiger partial charge in [-0.1, -0.05) is 30.3 Å². The Morgan fingerprint density at radius 2 is 2.00 bits per heavy atom. The number of likely N-dealkylation sites (tertiary alicyclic amines) is 1. The minimum absolute atomic E-state index is 0. The third-order valence-electron chi connectivity index (χ3n) is 4.99. The van der Waals surface area contributed by atoms with Crippen molar-refractivity contribution >= 4 is 23.7 Å². The van der Waals surface area contributed by atoms with Gasteiger partial charge in [0.1, 0.15) is 0 Å². The molecule has 1 aromatic carbocycles. The number of rotatable bonds is 3. The van der Waals surface area contributed by atoms with Crippen LogP contribution in [0, 0.1) is 5.41 Å². The molecule has 2 nitrogen and oxygen atoms in total. The van der Waals surface area contributed by atoms with Gasteiger partial charge < -0.3 is 5.32 Å². The lowest BCUT2D eigenvalue weighted by molar-refractivity contribution is 0.270. The molecule has 4 rings (SSSR count). The average molecular weight is 335 g/mol. The molecule has 2 aliphatic heterocycles. The molecule has 4 heteroatoms. The van der Waals surface area contributed by atoms with Crippen molar-refractivity contribution < 1.29 is 0 Å². The number of nitrogens with zero attached hydrogens (tertiary/aromatic N) is 1. The first-order valence-electron chi connectivity index (χ1n) is 7.89. The van der Waals surface area contributed by atoms with Crippen LogP contribution in [0.3, 0.4) is 0 Å². The Labute approximate surface area is 142 Å². The first-order valence-corrected chi connectivity index (χ1v) is 8.77. The molecule has 2 aliphatic rings. The van der Waals surface area contributed by atoms with Gasteiger partial charge in [0.2, 0.25) is 0 Å². The number of benzene rings is 1. The Bertz CT molecular complexity index is 605. The third-order valence-corrected chi connectivity index (χ3v) is 5.91. The Morgan fingerprint density at radius 3 is 2.77 bits per heavy atom. The Balaban J connectivity index is 0.00000144. The summed E-state index contributed by atoms with van der Waals surface area (Å²) in [5, 5.41) is 5.84. The van der Waals surface area contributed by atoms with Gasteiger partial charge in [-0.05, 0) is 53.9 Å². The molecular weight excluding hydrogens is 312 g/mol. The van der Waals surface area contributed by atoms with Gasteiger partial charge in [0, 0.05) is 24.5 Å². The number of thiophene rings is 1. The van der Waals surface area contributed by atoms with E-state index in [0.29, 0.717) is 5.41 Å². The molecule has 22 heavy (non-hydrogen) atoms. The van der Waals surface area contributed by atoms with Crippen molar-refractivity contribution in [3.8, 4) is 11.1 Å². The third kappa shape index (κ3) is 3.23. The van der Waals surface area contributed by atoms with E-state index in [2.05, 4.69) is 52.0 Å². The van der Waals surface area contributed by atoms with Crippen molar-refractivity contribution in [3.63, 3.8) is 0 Å². The van der Waals surface area contributed by atoms with Crippen molar-refractivity contribution in [1.29, 1.82) is 0 Å². The fraction of sp³-hybridized carbons (Fsp3) is 0.444. The molecule has 0 amide bonds. The fourth-order valence-corrected chi connectivity index (χ4v) is 4.71. The van der Waals surface area contributed by atoms with E-state index >= 15 is 0 Å². The lowest BCUT2D eigenvalue weighted by Crippen LogP contribution is -2.28. The predicted molar refractivity (Wildman–Crippen MR) is 96.8 cm³/mol. The maximum Gasteiger partial charge on any atom is 0.0328 e. The predicted octanol–water partition coefficient (Wildman–Crippen LogP) is 4.02. The van der Waals surface area contributed by atoms with Gasteiger partial charge in [-0.25, -0.2) is 0 Å². The van der Waals surface area contributed by atoms with Crippen LogP contribution in [0.1, 0.15) is 17.7 Å². The van der Waals surface area contributed by atoms with E-state index in [-0.39, 0.29) is 12.4 Å². The van der Waals surface area contributed by atoms with E-state index in [1.54, 1.807) is 0 Å². The smallest absolute Gasteiger partial charge is 0.0328 e. The number of hydrogen-bond donors (Lipinski definition) is 1. The Morgan fingerprint density at radius 1 is 1.14 bits per heavy atom. The first-order chi connectivity index (χ1) is 10.3. The van der Waals surface area contributed by atoms with Gasteiger partial charge in [-0.2, -0.15) is 0 Å².